The van der Waals surface area contributed by atoms with E-state index in [9.17, 15) is 9.59 Å². The Balaban J connectivity index is 2.12. The molecule has 2 rings (SSSR count). The Hall–Kier alpha value is -2.82. The van der Waals surface area contributed by atoms with Crippen molar-refractivity contribution in [2.24, 2.45) is 0 Å². The molecule has 5 heteroatoms. The maximum absolute atomic E-state index is 13.0. The summed E-state index contributed by atoms with van der Waals surface area (Å²) in [6.45, 7) is 10.1. The van der Waals surface area contributed by atoms with Crippen LogP contribution < -0.4 is 10.1 Å². The topological polar surface area (TPSA) is 58.6 Å². The number of benzene rings is 2. The summed E-state index contributed by atoms with van der Waals surface area (Å²) in [6.07, 6.45) is 1.79. The summed E-state index contributed by atoms with van der Waals surface area (Å²) >= 11 is 0. The maximum Gasteiger partial charge on any atom is 0.261 e. The first-order valence-electron chi connectivity index (χ1n) is 10.7. The summed E-state index contributed by atoms with van der Waals surface area (Å²) in [7, 11) is 0. The summed E-state index contributed by atoms with van der Waals surface area (Å²) in [4.78, 5) is 27.3. The number of nitrogens with one attached hydrogen (secondary N) is 1. The Morgan fingerprint density at radius 1 is 0.967 bits per heavy atom. The lowest BCUT2D eigenvalue weighted by Crippen LogP contribution is -2.50. The molecule has 0 radical (unpaired) electrons. The molecule has 0 unspecified atom stereocenters. The van der Waals surface area contributed by atoms with E-state index in [1.165, 1.54) is 5.56 Å². The molecule has 5 nitrogen and oxygen atoms in total. The van der Waals surface area contributed by atoms with Gasteiger partial charge in [0.1, 0.15) is 11.8 Å². The van der Waals surface area contributed by atoms with Gasteiger partial charge < -0.3 is 15.0 Å². The second kappa shape index (κ2) is 11.4. The Morgan fingerprint density at radius 3 is 2.13 bits per heavy atom. The number of aryl methyl sites for hydroxylation is 2. The SMILES string of the molecule is CCc1ccc(OCC(=O)N(Cc2ccc(C)cc2)[C@@H](C)C(=O)N[C@H](C)CC)cc1. The molecular weight excluding hydrogens is 376 g/mol. The van der Waals surface area contributed by atoms with Crippen LogP contribution in [0.4, 0.5) is 0 Å². The first kappa shape index (κ1) is 23.5. The molecule has 0 saturated carbocycles. The van der Waals surface area contributed by atoms with Crippen molar-refractivity contribution in [2.75, 3.05) is 6.61 Å². The molecule has 0 aliphatic rings. The van der Waals surface area contributed by atoms with Crippen LogP contribution in [0.15, 0.2) is 48.5 Å². The molecule has 162 valence electrons. The summed E-state index contributed by atoms with van der Waals surface area (Å²) < 4.78 is 5.71. The van der Waals surface area contributed by atoms with E-state index in [0.717, 1.165) is 24.0 Å². The molecule has 0 aliphatic carbocycles. The van der Waals surface area contributed by atoms with Crippen LogP contribution in [0.3, 0.4) is 0 Å². The summed E-state index contributed by atoms with van der Waals surface area (Å²) in [6, 6.07) is 15.2. The predicted molar refractivity (Wildman–Crippen MR) is 120 cm³/mol. The molecule has 30 heavy (non-hydrogen) atoms. The largest absolute Gasteiger partial charge is 0.484 e. The van der Waals surface area contributed by atoms with Gasteiger partial charge in [0.05, 0.1) is 0 Å². The van der Waals surface area contributed by atoms with Crippen LogP contribution in [0.2, 0.25) is 0 Å². The normalized spacial score (nSPS) is 12.7. The van der Waals surface area contributed by atoms with Gasteiger partial charge in [0.15, 0.2) is 6.61 Å². The number of rotatable bonds is 10. The molecule has 0 bridgehead atoms. The van der Waals surface area contributed by atoms with Crippen molar-refractivity contribution in [1.82, 2.24) is 10.2 Å². The van der Waals surface area contributed by atoms with Crippen LogP contribution in [0.5, 0.6) is 5.75 Å². The lowest BCUT2D eigenvalue weighted by molar-refractivity contribution is -0.142. The molecule has 2 aromatic carbocycles. The number of carbonyl (C=O) groups excluding carboxylic acids is 2. The number of carbonyl (C=O) groups is 2. The summed E-state index contributed by atoms with van der Waals surface area (Å²) in [5.74, 6) is 0.270. The molecule has 0 fully saturated rings. The maximum atomic E-state index is 13.0. The van der Waals surface area contributed by atoms with Crippen LogP contribution in [0.1, 0.15) is 50.8 Å². The third-order valence-electron chi connectivity index (χ3n) is 5.34. The van der Waals surface area contributed by atoms with E-state index >= 15 is 0 Å². The molecule has 0 aromatic heterocycles. The highest BCUT2D eigenvalue weighted by Gasteiger charge is 2.27. The fraction of sp³-hybridized carbons (Fsp3) is 0.440. The van der Waals surface area contributed by atoms with Crippen molar-refractivity contribution in [2.45, 2.75) is 66.1 Å². The van der Waals surface area contributed by atoms with E-state index in [0.29, 0.717) is 12.3 Å². The van der Waals surface area contributed by atoms with E-state index in [1.807, 2.05) is 69.3 Å². The number of ether oxygens (including phenoxy) is 1. The molecule has 0 heterocycles. The monoisotopic (exact) mass is 410 g/mol. The Labute approximate surface area is 180 Å². The molecule has 0 aliphatic heterocycles. The fourth-order valence-corrected chi connectivity index (χ4v) is 2.99. The molecule has 0 spiro atoms. The minimum absolute atomic E-state index is 0.0598. The van der Waals surface area contributed by atoms with Crippen molar-refractivity contribution in [1.29, 1.82) is 0 Å². The van der Waals surface area contributed by atoms with Crippen LogP contribution in [-0.2, 0) is 22.6 Å². The molecule has 2 aromatic rings. The van der Waals surface area contributed by atoms with Gasteiger partial charge in [-0.2, -0.15) is 0 Å². The van der Waals surface area contributed by atoms with E-state index in [1.54, 1.807) is 11.8 Å². The van der Waals surface area contributed by atoms with Gasteiger partial charge in [-0.3, -0.25) is 9.59 Å². The van der Waals surface area contributed by atoms with Gasteiger partial charge in [0, 0.05) is 12.6 Å². The quantitative estimate of drug-likeness (QED) is 0.636. The smallest absolute Gasteiger partial charge is 0.261 e. The van der Waals surface area contributed by atoms with Gasteiger partial charge >= 0.3 is 0 Å². The molecular formula is C25H34N2O3. The van der Waals surface area contributed by atoms with Gasteiger partial charge in [-0.1, -0.05) is 55.8 Å². The zero-order chi connectivity index (χ0) is 22.1. The van der Waals surface area contributed by atoms with Crippen molar-refractivity contribution in [3.05, 3.63) is 65.2 Å². The average Bonchev–Trinajstić information content (AvgIpc) is 2.76. The predicted octanol–water partition coefficient (Wildman–Crippen LogP) is 4.27. The average molecular weight is 411 g/mol. The first-order chi connectivity index (χ1) is 14.3. The molecule has 2 atom stereocenters. The van der Waals surface area contributed by atoms with E-state index in [-0.39, 0.29) is 24.5 Å². The second-order valence-electron chi connectivity index (χ2n) is 7.79. The fourth-order valence-electron chi connectivity index (χ4n) is 2.99. The van der Waals surface area contributed by atoms with Crippen molar-refractivity contribution in [3.63, 3.8) is 0 Å². The standard InChI is InChI=1S/C25H34N2O3/c1-6-19(4)26-25(29)20(5)27(16-22-10-8-18(3)9-11-22)24(28)17-30-23-14-12-21(7-2)13-15-23/h8-15,19-20H,6-7,16-17H2,1-5H3,(H,26,29)/t19-,20+/m1/s1. The summed E-state index contributed by atoms with van der Waals surface area (Å²) in [5.41, 5.74) is 3.34. The Morgan fingerprint density at radius 2 is 1.57 bits per heavy atom. The van der Waals surface area contributed by atoms with Gasteiger partial charge in [0.2, 0.25) is 5.91 Å². The second-order valence-corrected chi connectivity index (χ2v) is 7.79. The van der Waals surface area contributed by atoms with E-state index in [4.69, 9.17) is 4.74 Å². The third kappa shape index (κ3) is 6.90. The number of nitrogens with zero attached hydrogens (tertiary/aromatic N) is 1. The van der Waals surface area contributed by atoms with Crippen LogP contribution in [-0.4, -0.2) is 35.4 Å². The number of amides is 2. The molecule has 1 N–H and O–H groups in total. The number of hydrogen-bond donors (Lipinski definition) is 1. The zero-order valence-corrected chi connectivity index (χ0v) is 18.8. The highest BCUT2D eigenvalue weighted by Crippen LogP contribution is 2.15. The van der Waals surface area contributed by atoms with Crippen molar-refractivity contribution in [3.8, 4) is 5.75 Å². The van der Waals surface area contributed by atoms with E-state index < -0.39 is 6.04 Å². The minimum atomic E-state index is -0.598. The van der Waals surface area contributed by atoms with Gasteiger partial charge in [0.25, 0.3) is 5.91 Å². The Bertz CT molecular complexity index is 815. The van der Waals surface area contributed by atoms with E-state index in [2.05, 4.69) is 12.2 Å². The highest BCUT2D eigenvalue weighted by molar-refractivity contribution is 5.88. The van der Waals surface area contributed by atoms with Crippen molar-refractivity contribution >= 4 is 11.8 Å². The lowest BCUT2D eigenvalue weighted by Gasteiger charge is -2.29. The van der Waals surface area contributed by atoms with Gasteiger partial charge in [-0.05, 0) is 56.9 Å². The first-order valence-corrected chi connectivity index (χ1v) is 10.7. The van der Waals surface area contributed by atoms with Crippen LogP contribution in [0, 0.1) is 6.92 Å². The summed E-state index contributed by atoms with van der Waals surface area (Å²) in [5, 5.41) is 2.97. The zero-order valence-electron chi connectivity index (χ0n) is 18.8. The number of hydrogen-bond acceptors (Lipinski definition) is 3. The highest BCUT2D eigenvalue weighted by atomic mass is 16.5. The third-order valence-corrected chi connectivity index (χ3v) is 5.34. The molecule has 0 saturated heterocycles. The lowest BCUT2D eigenvalue weighted by atomic mass is 10.1. The van der Waals surface area contributed by atoms with Gasteiger partial charge in [-0.25, -0.2) is 0 Å². The van der Waals surface area contributed by atoms with Crippen molar-refractivity contribution < 1.29 is 14.3 Å². The molecule has 2 amide bonds. The van der Waals surface area contributed by atoms with Gasteiger partial charge in [-0.15, -0.1) is 0 Å². The Kier molecular flexibility index (Phi) is 8.90. The van der Waals surface area contributed by atoms with Crippen LogP contribution in [0.25, 0.3) is 0 Å². The van der Waals surface area contributed by atoms with Crippen LogP contribution >= 0.6 is 0 Å². The minimum Gasteiger partial charge on any atom is -0.484 e.